The molecule has 0 spiro atoms. The predicted molar refractivity (Wildman–Crippen MR) is 102 cm³/mol. The summed E-state index contributed by atoms with van der Waals surface area (Å²) in [5, 5.41) is 10.8. The number of aliphatic hydroxyl groups excluding tert-OH is 1. The van der Waals surface area contributed by atoms with E-state index in [1.807, 2.05) is 0 Å². The molecule has 1 aliphatic heterocycles. The molecule has 0 saturated carbocycles. The molecule has 1 aromatic carbocycles. The molecule has 0 aliphatic carbocycles. The SMILES string of the molecule is CCO[C@@H]1CN(C(=O)OC(C)(C)C)[C@@H]([C@@H](O)[C@@H](N)Cc2cc(F)cc(F)c2)CO1. The van der Waals surface area contributed by atoms with E-state index in [0.717, 1.165) is 18.2 Å². The molecule has 1 amide bonds. The van der Waals surface area contributed by atoms with Gasteiger partial charge in [0.1, 0.15) is 17.2 Å². The lowest BCUT2D eigenvalue weighted by molar-refractivity contribution is -0.200. The van der Waals surface area contributed by atoms with Gasteiger partial charge in [-0.25, -0.2) is 13.6 Å². The Labute approximate surface area is 169 Å². The van der Waals surface area contributed by atoms with Crippen LogP contribution < -0.4 is 5.73 Å². The fourth-order valence-corrected chi connectivity index (χ4v) is 3.15. The number of nitrogens with zero attached hydrogens (tertiary/aromatic N) is 1. The summed E-state index contributed by atoms with van der Waals surface area (Å²) in [7, 11) is 0. The number of ether oxygens (including phenoxy) is 3. The smallest absolute Gasteiger partial charge is 0.410 e. The van der Waals surface area contributed by atoms with E-state index >= 15 is 0 Å². The highest BCUT2D eigenvalue weighted by molar-refractivity contribution is 5.69. The highest BCUT2D eigenvalue weighted by Crippen LogP contribution is 2.22. The van der Waals surface area contributed by atoms with Crippen molar-refractivity contribution in [3.8, 4) is 0 Å². The van der Waals surface area contributed by atoms with Gasteiger partial charge in [-0.05, 0) is 51.8 Å². The van der Waals surface area contributed by atoms with Crippen LogP contribution in [0.2, 0.25) is 0 Å². The van der Waals surface area contributed by atoms with Gasteiger partial charge in [-0.3, -0.25) is 4.90 Å². The van der Waals surface area contributed by atoms with Crippen LogP contribution in [0.3, 0.4) is 0 Å². The van der Waals surface area contributed by atoms with Gasteiger partial charge in [0.15, 0.2) is 6.29 Å². The number of halogens is 2. The lowest BCUT2D eigenvalue weighted by Crippen LogP contribution is -2.61. The van der Waals surface area contributed by atoms with Crippen LogP contribution in [0, 0.1) is 11.6 Å². The minimum absolute atomic E-state index is 0.0173. The Kier molecular flexibility index (Phi) is 7.93. The van der Waals surface area contributed by atoms with Gasteiger partial charge in [0, 0.05) is 18.7 Å². The molecule has 1 aromatic rings. The van der Waals surface area contributed by atoms with E-state index in [9.17, 15) is 18.7 Å². The van der Waals surface area contributed by atoms with Crippen molar-refractivity contribution in [3.05, 3.63) is 35.4 Å². The standard InChI is InChI=1S/C20H30F2N2O5/c1-5-27-17-10-24(19(26)29-20(2,3)4)16(11-28-17)18(25)15(23)8-12-6-13(21)9-14(22)7-12/h6-7,9,15-18,25H,5,8,10-11,23H2,1-4H3/t15-,16+,17-,18-/m0/s1. The highest BCUT2D eigenvalue weighted by Gasteiger charge is 2.40. The zero-order chi connectivity index (χ0) is 21.8. The van der Waals surface area contributed by atoms with Crippen LogP contribution in [0.4, 0.5) is 13.6 Å². The van der Waals surface area contributed by atoms with Gasteiger partial charge in [0.05, 0.1) is 25.3 Å². The van der Waals surface area contributed by atoms with Gasteiger partial charge >= 0.3 is 6.09 Å². The molecule has 1 heterocycles. The normalized spacial score (nSPS) is 22.3. The molecule has 0 radical (unpaired) electrons. The number of hydrogen-bond acceptors (Lipinski definition) is 6. The first-order valence-electron chi connectivity index (χ1n) is 9.61. The molecule has 2 rings (SSSR count). The van der Waals surface area contributed by atoms with Gasteiger partial charge in [-0.2, -0.15) is 0 Å². The highest BCUT2D eigenvalue weighted by atomic mass is 19.1. The van der Waals surface area contributed by atoms with Gasteiger partial charge in [0.2, 0.25) is 0 Å². The molecule has 1 fully saturated rings. The Morgan fingerprint density at radius 2 is 1.97 bits per heavy atom. The van der Waals surface area contributed by atoms with E-state index in [1.54, 1.807) is 27.7 Å². The predicted octanol–water partition coefficient (Wildman–Crippen LogP) is 2.19. The van der Waals surface area contributed by atoms with E-state index in [1.165, 1.54) is 4.90 Å². The molecule has 7 nitrogen and oxygen atoms in total. The van der Waals surface area contributed by atoms with Crippen molar-refractivity contribution in [2.45, 2.75) is 64.2 Å². The average molecular weight is 416 g/mol. The Balaban J connectivity index is 2.15. The monoisotopic (exact) mass is 416 g/mol. The molecule has 9 heteroatoms. The summed E-state index contributed by atoms with van der Waals surface area (Å²) in [6.07, 6.45) is -2.47. The largest absolute Gasteiger partial charge is 0.444 e. The number of aliphatic hydroxyl groups is 1. The number of benzene rings is 1. The third-order valence-corrected chi connectivity index (χ3v) is 4.41. The lowest BCUT2D eigenvalue weighted by Gasteiger charge is -2.42. The number of morpholine rings is 1. The molecule has 164 valence electrons. The average Bonchev–Trinajstić information content (AvgIpc) is 2.59. The molecular formula is C20H30F2N2O5. The molecule has 0 aromatic heterocycles. The molecule has 0 bridgehead atoms. The summed E-state index contributed by atoms with van der Waals surface area (Å²) in [6, 6.07) is 1.39. The van der Waals surface area contributed by atoms with Crippen molar-refractivity contribution in [2.75, 3.05) is 19.8 Å². The van der Waals surface area contributed by atoms with Crippen molar-refractivity contribution in [1.29, 1.82) is 0 Å². The summed E-state index contributed by atoms with van der Waals surface area (Å²) < 4.78 is 43.3. The third-order valence-electron chi connectivity index (χ3n) is 4.41. The van der Waals surface area contributed by atoms with Gasteiger partial charge < -0.3 is 25.1 Å². The fourth-order valence-electron chi connectivity index (χ4n) is 3.15. The first kappa shape index (κ1) is 23.5. The summed E-state index contributed by atoms with van der Waals surface area (Å²) in [5.41, 5.74) is 5.68. The summed E-state index contributed by atoms with van der Waals surface area (Å²) in [4.78, 5) is 14.0. The molecule has 0 unspecified atom stereocenters. The van der Waals surface area contributed by atoms with Crippen molar-refractivity contribution in [1.82, 2.24) is 4.90 Å². The summed E-state index contributed by atoms with van der Waals surface area (Å²) in [5.74, 6) is -1.45. The van der Waals surface area contributed by atoms with Crippen LogP contribution >= 0.6 is 0 Å². The van der Waals surface area contributed by atoms with E-state index < -0.39 is 47.8 Å². The third kappa shape index (κ3) is 6.88. The Bertz CT molecular complexity index is 678. The second-order valence-corrected chi connectivity index (χ2v) is 8.05. The first-order valence-corrected chi connectivity index (χ1v) is 9.61. The first-order chi connectivity index (χ1) is 13.5. The zero-order valence-electron chi connectivity index (χ0n) is 17.2. The second-order valence-electron chi connectivity index (χ2n) is 8.05. The molecule has 3 N–H and O–H groups in total. The maximum Gasteiger partial charge on any atom is 0.410 e. The Morgan fingerprint density at radius 3 is 2.52 bits per heavy atom. The van der Waals surface area contributed by atoms with Gasteiger partial charge in [-0.1, -0.05) is 0 Å². The second kappa shape index (κ2) is 9.80. The maximum absolute atomic E-state index is 13.4. The van der Waals surface area contributed by atoms with E-state index in [0.29, 0.717) is 12.2 Å². The Morgan fingerprint density at radius 1 is 1.34 bits per heavy atom. The molecular weight excluding hydrogens is 386 g/mol. The van der Waals surface area contributed by atoms with Crippen LogP contribution in [0.5, 0.6) is 0 Å². The van der Waals surface area contributed by atoms with Crippen LogP contribution in [0.1, 0.15) is 33.3 Å². The van der Waals surface area contributed by atoms with Crippen LogP contribution in [-0.2, 0) is 20.6 Å². The number of carbonyl (C=O) groups is 1. The van der Waals surface area contributed by atoms with Crippen LogP contribution in [-0.4, -0.2) is 65.9 Å². The molecule has 29 heavy (non-hydrogen) atoms. The van der Waals surface area contributed by atoms with Gasteiger partial charge in [-0.15, -0.1) is 0 Å². The molecule has 1 aliphatic rings. The Hall–Kier alpha value is -1.81. The van der Waals surface area contributed by atoms with Crippen molar-refractivity contribution in [3.63, 3.8) is 0 Å². The topological polar surface area (TPSA) is 94.2 Å². The fraction of sp³-hybridized carbons (Fsp3) is 0.650. The number of amides is 1. The van der Waals surface area contributed by atoms with Crippen LogP contribution in [0.15, 0.2) is 18.2 Å². The molecule has 1 saturated heterocycles. The lowest BCUT2D eigenvalue weighted by atomic mass is 9.96. The van der Waals surface area contributed by atoms with Crippen LogP contribution in [0.25, 0.3) is 0 Å². The van der Waals surface area contributed by atoms with Crippen molar-refractivity contribution < 1.29 is 32.9 Å². The number of nitrogens with two attached hydrogens (primary N) is 1. The number of carbonyl (C=O) groups excluding carboxylic acids is 1. The minimum Gasteiger partial charge on any atom is -0.444 e. The summed E-state index contributed by atoms with van der Waals surface area (Å²) in [6.45, 7) is 7.45. The van der Waals surface area contributed by atoms with E-state index in [-0.39, 0.29) is 19.6 Å². The number of rotatable bonds is 6. The van der Waals surface area contributed by atoms with E-state index in [2.05, 4.69) is 0 Å². The molecule has 4 atom stereocenters. The maximum atomic E-state index is 13.4. The zero-order valence-corrected chi connectivity index (χ0v) is 17.2. The number of hydrogen-bond donors (Lipinski definition) is 2. The van der Waals surface area contributed by atoms with Crippen molar-refractivity contribution >= 4 is 6.09 Å². The minimum atomic E-state index is -1.21. The quantitative estimate of drug-likeness (QED) is 0.738. The summed E-state index contributed by atoms with van der Waals surface area (Å²) >= 11 is 0. The van der Waals surface area contributed by atoms with Gasteiger partial charge in [0.25, 0.3) is 0 Å². The van der Waals surface area contributed by atoms with E-state index in [4.69, 9.17) is 19.9 Å². The van der Waals surface area contributed by atoms with Crippen molar-refractivity contribution in [2.24, 2.45) is 5.73 Å².